The van der Waals surface area contributed by atoms with Crippen LogP contribution in [0.1, 0.15) is 41.0 Å². The zero-order valence-electron chi connectivity index (χ0n) is 10.5. The van der Waals surface area contributed by atoms with E-state index in [0.29, 0.717) is 25.5 Å². The average Bonchev–Trinajstić information content (AvgIpc) is 2.00. The lowest BCUT2D eigenvalue weighted by molar-refractivity contribution is -0.134. The number of carbonyl (C=O) groups is 1. The van der Waals surface area contributed by atoms with Crippen LogP contribution in [-0.4, -0.2) is 24.6 Å². The summed E-state index contributed by atoms with van der Waals surface area (Å²) in [5, 5.41) is 3.24. The predicted molar refractivity (Wildman–Crippen MR) is 61.3 cm³/mol. The molecule has 4 nitrogen and oxygen atoms in total. The molecule has 0 saturated carbocycles. The van der Waals surface area contributed by atoms with Crippen molar-refractivity contribution in [2.75, 3.05) is 13.2 Å². The van der Waals surface area contributed by atoms with Gasteiger partial charge in [0.2, 0.25) is 5.91 Å². The quantitative estimate of drug-likeness (QED) is 0.661. The summed E-state index contributed by atoms with van der Waals surface area (Å²) in [5.41, 5.74) is 2.48. The van der Waals surface area contributed by atoms with Crippen LogP contribution in [0.2, 0.25) is 0 Å². The predicted octanol–water partition coefficient (Wildman–Crippen LogP) is 1.47. The molecule has 0 atom stereocenters. The Morgan fingerprint density at radius 1 is 1.33 bits per heavy atom. The molecule has 0 rings (SSSR count). The SMILES string of the molecule is CC(C)CONC(=O)CCNC(C)(C)C. The third-order valence-electron chi connectivity index (χ3n) is 1.61. The van der Waals surface area contributed by atoms with Gasteiger partial charge in [-0.05, 0) is 26.7 Å². The van der Waals surface area contributed by atoms with E-state index >= 15 is 0 Å². The molecule has 0 aromatic rings. The van der Waals surface area contributed by atoms with Crippen LogP contribution in [0.25, 0.3) is 0 Å². The van der Waals surface area contributed by atoms with E-state index in [9.17, 15) is 4.79 Å². The molecule has 0 heterocycles. The molecule has 90 valence electrons. The van der Waals surface area contributed by atoms with E-state index < -0.39 is 0 Å². The first kappa shape index (κ1) is 14.4. The maximum Gasteiger partial charge on any atom is 0.244 e. The molecular weight excluding hydrogens is 192 g/mol. The summed E-state index contributed by atoms with van der Waals surface area (Å²) >= 11 is 0. The Labute approximate surface area is 92.7 Å². The van der Waals surface area contributed by atoms with Crippen molar-refractivity contribution in [3.05, 3.63) is 0 Å². The maximum atomic E-state index is 11.2. The minimum atomic E-state index is -0.0765. The van der Waals surface area contributed by atoms with Crippen molar-refractivity contribution in [3.63, 3.8) is 0 Å². The van der Waals surface area contributed by atoms with Gasteiger partial charge in [-0.2, -0.15) is 0 Å². The monoisotopic (exact) mass is 216 g/mol. The number of nitrogens with one attached hydrogen (secondary N) is 2. The fraction of sp³-hybridized carbons (Fsp3) is 0.909. The van der Waals surface area contributed by atoms with Gasteiger partial charge in [-0.1, -0.05) is 13.8 Å². The lowest BCUT2D eigenvalue weighted by Gasteiger charge is -2.20. The Morgan fingerprint density at radius 3 is 2.40 bits per heavy atom. The Hall–Kier alpha value is -0.610. The van der Waals surface area contributed by atoms with Gasteiger partial charge in [-0.3, -0.25) is 9.63 Å². The largest absolute Gasteiger partial charge is 0.312 e. The maximum absolute atomic E-state index is 11.2. The molecule has 0 aliphatic rings. The Morgan fingerprint density at radius 2 is 1.93 bits per heavy atom. The third-order valence-corrected chi connectivity index (χ3v) is 1.61. The van der Waals surface area contributed by atoms with Crippen LogP contribution in [0.5, 0.6) is 0 Å². The topological polar surface area (TPSA) is 50.4 Å². The summed E-state index contributed by atoms with van der Waals surface area (Å²) in [6.07, 6.45) is 0.440. The smallest absolute Gasteiger partial charge is 0.244 e. The van der Waals surface area contributed by atoms with Crippen LogP contribution in [0.15, 0.2) is 0 Å². The molecule has 0 aromatic heterocycles. The van der Waals surface area contributed by atoms with E-state index in [1.807, 2.05) is 13.8 Å². The second-order valence-electron chi connectivity index (χ2n) is 5.16. The molecule has 0 unspecified atom stereocenters. The van der Waals surface area contributed by atoms with Gasteiger partial charge in [-0.15, -0.1) is 0 Å². The van der Waals surface area contributed by atoms with Gasteiger partial charge in [0, 0.05) is 18.5 Å². The summed E-state index contributed by atoms with van der Waals surface area (Å²) in [6.45, 7) is 11.5. The van der Waals surface area contributed by atoms with Gasteiger partial charge in [0.05, 0.1) is 6.61 Å². The normalized spacial score (nSPS) is 11.9. The molecule has 0 aliphatic carbocycles. The molecule has 0 radical (unpaired) electrons. The van der Waals surface area contributed by atoms with Crippen molar-refractivity contribution >= 4 is 5.91 Å². The summed E-state index contributed by atoms with van der Waals surface area (Å²) in [5.74, 6) is 0.352. The van der Waals surface area contributed by atoms with Crippen LogP contribution >= 0.6 is 0 Å². The fourth-order valence-electron chi connectivity index (χ4n) is 0.891. The zero-order chi connectivity index (χ0) is 11.9. The highest BCUT2D eigenvalue weighted by Crippen LogP contribution is 1.97. The third kappa shape index (κ3) is 11.3. The van der Waals surface area contributed by atoms with Crippen molar-refractivity contribution in [2.24, 2.45) is 5.92 Å². The average molecular weight is 216 g/mol. The van der Waals surface area contributed by atoms with Gasteiger partial charge in [-0.25, -0.2) is 5.48 Å². The summed E-state index contributed by atoms with van der Waals surface area (Å²) < 4.78 is 0. The van der Waals surface area contributed by atoms with Gasteiger partial charge in [0.25, 0.3) is 0 Å². The first-order valence-corrected chi connectivity index (χ1v) is 5.47. The van der Waals surface area contributed by atoms with Crippen molar-refractivity contribution in [1.82, 2.24) is 10.8 Å². The lowest BCUT2D eigenvalue weighted by Crippen LogP contribution is -2.38. The van der Waals surface area contributed by atoms with Gasteiger partial charge in [0.1, 0.15) is 0 Å². The second kappa shape index (κ2) is 6.80. The summed E-state index contributed by atoms with van der Waals surface area (Å²) in [6, 6.07) is 0. The highest BCUT2D eigenvalue weighted by atomic mass is 16.6. The highest BCUT2D eigenvalue weighted by molar-refractivity contribution is 5.74. The van der Waals surface area contributed by atoms with E-state index in [4.69, 9.17) is 4.84 Å². The first-order chi connectivity index (χ1) is 6.81. The molecule has 15 heavy (non-hydrogen) atoms. The van der Waals surface area contributed by atoms with Gasteiger partial charge in [0.15, 0.2) is 0 Å². The Balaban J connectivity index is 3.42. The van der Waals surface area contributed by atoms with Crippen LogP contribution in [0.3, 0.4) is 0 Å². The molecule has 0 saturated heterocycles. The fourth-order valence-corrected chi connectivity index (χ4v) is 0.891. The van der Waals surface area contributed by atoms with Crippen LogP contribution < -0.4 is 10.8 Å². The summed E-state index contributed by atoms with van der Waals surface area (Å²) in [7, 11) is 0. The number of carbonyl (C=O) groups excluding carboxylic acids is 1. The summed E-state index contributed by atoms with van der Waals surface area (Å²) in [4.78, 5) is 16.2. The van der Waals surface area contributed by atoms with Gasteiger partial charge < -0.3 is 5.32 Å². The molecule has 0 spiro atoms. The standard InChI is InChI=1S/C11H24N2O2/c1-9(2)8-15-13-10(14)6-7-12-11(3,4)5/h9,12H,6-8H2,1-5H3,(H,13,14). The van der Waals surface area contributed by atoms with Crippen molar-refractivity contribution in [3.8, 4) is 0 Å². The molecule has 0 aliphatic heterocycles. The first-order valence-electron chi connectivity index (χ1n) is 5.47. The number of hydrogen-bond donors (Lipinski definition) is 2. The van der Waals surface area contributed by atoms with E-state index in [0.717, 1.165) is 0 Å². The zero-order valence-corrected chi connectivity index (χ0v) is 10.5. The van der Waals surface area contributed by atoms with Crippen molar-refractivity contribution in [1.29, 1.82) is 0 Å². The number of hydroxylamine groups is 1. The minimum absolute atomic E-state index is 0.0546. The molecule has 0 bridgehead atoms. The minimum Gasteiger partial charge on any atom is -0.312 e. The van der Waals surface area contributed by atoms with E-state index in [1.165, 1.54) is 0 Å². The molecule has 4 heteroatoms. The Bertz CT molecular complexity index is 186. The number of hydrogen-bond acceptors (Lipinski definition) is 3. The van der Waals surface area contributed by atoms with E-state index in [1.54, 1.807) is 0 Å². The highest BCUT2D eigenvalue weighted by Gasteiger charge is 2.09. The number of amides is 1. The molecule has 0 aromatic carbocycles. The van der Waals surface area contributed by atoms with E-state index in [-0.39, 0.29) is 11.4 Å². The van der Waals surface area contributed by atoms with Gasteiger partial charge >= 0.3 is 0 Å². The van der Waals surface area contributed by atoms with Crippen molar-refractivity contribution in [2.45, 2.75) is 46.6 Å². The number of rotatable bonds is 6. The molecule has 2 N–H and O–H groups in total. The van der Waals surface area contributed by atoms with Crippen molar-refractivity contribution < 1.29 is 9.63 Å². The molecule has 0 fully saturated rings. The van der Waals surface area contributed by atoms with Crippen LogP contribution in [-0.2, 0) is 9.63 Å². The Kier molecular flexibility index (Phi) is 6.52. The lowest BCUT2D eigenvalue weighted by atomic mass is 10.1. The van der Waals surface area contributed by atoms with Crippen LogP contribution in [0.4, 0.5) is 0 Å². The van der Waals surface area contributed by atoms with E-state index in [2.05, 4.69) is 31.6 Å². The second-order valence-corrected chi connectivity index (χ2v) is 5.16. The molecule has 1 amide bonds. The van der Waals surface area contributed by atoms with Crippen LogP contribution in [0, 0.1) is 5.92 Å². The molecular formula is C11H24N2O2.